The van der Waals surface area contributed by atoms with Crippen molar-refractivity contribution in [3.63, 3.8) is 0 Å². The van der Waals surface area contributed by atoms with E-state index in [1.54, 1.807) is 48.5 Å². The fourth-order valence-electron chi connectivity index (χ4n) is 6.17. The number of alkyl halides is 5. The number of carbonyl (C=O) groups excluding carboxylic acids is 3. The van der Waals surface area contributed by atoms with Gasteiger partial charge in [0.1, 0.15) is 9.75 Å². The van der Waals surface area contributed by atoms with Crippen LogP contribution in [0.25, 0.3) is 0 Å². The molecule has 200 valence electrons. The van der Waals surface area contributed by atoms with E-state index in [1.807, 2.05) is 0 Å². The van der Waals surface area contributed by atoms with Crippen LogP contribution in [0.5, 0.6) is 0 Å². The van der Waals surface area contributed by atoms with Crippen molar-refractivity contribution >= 4 is 58.2 Å². The highest BCUT2D eigenvalue weighted by Gasteiger charge is 2.72. The molecule has 1 saturated heterocycles. The molecule has 3 aromatic carbocycles. The third-order valence-corrected chi connectivity index (χ3v) is 9.42. The van der Waals surface area contributed by atoms with E-state index in [9.17, 15) is 27.6 Å². The quantitative estimate of drug-likeness (QED) is 0.286. The molecule has 0 aromatic heterocycles. The van der Waals surface area contributed by atoms with Gasteiger partial charge in [-0.2, -0.15) is 13.2 Å². The second kappa shape index (κ2) is 8.71. The molecule has 7 rings (SSSR count). The Morgan fingerprint density at radius 3 is 1.74 bits per heavy atom. The maximum Gasteiger partial charge on any atom is 0.416 e. The summed E-state index contributed by atoms with van der Waals surface area (Å²) in [6.45, 7) is -0.306. The monoisotopic (exact) mass is 592 g/mol. The number of nitrogens with zero attached hydrogens (tertiary/aromatic N) is 1. The van der Waals surface area contributed by atoms with Crippen LogP contribution in [0.15, 0.2) is 66.7 Å². The molecule has 2 atom stereocenters. The number of benzene rings is 3. The van der Waals surface area contributed by atoms with E-state index in [4.69, 9.17) is 34.8 Å². The molecule has 4 aliphatic rings. The fourth-order valence-corrected chi connectivity index (χ4v) is 7.43. The van der Waals surface area contributed by atoms with Gasteiger partial charge >= 0.3 is 6.18 Å². The normalized spacial score (nSPS) is 26.8. The number of hydrogen-bond acceptors (Lipinski definition) is 3. The summed E-state index contributed by atoms with van der Waals surface area (Å²) in [5, 5.41) is 2.25. The number of anilines is 1. The van der Waals surface area contributed by atoms with E-state index in [0.29, 0.717) is 22.3 Å². The van der Waals surface area contributed by atoms with E-state index < -0.39 is 51.0 Å². The van der Waals surface area contributed by atoms with Crippen LogP contribution in [0.2, 0.25) is 5.02 Å². The molecule has 1 heterocycles. The van der Waals surface area contributed by atoms with Crippen molar-refractivity contribution in [1.82, 2.24) is 4.90 Å². The number of likely N-dealkylation sites (tertiary alicyclic amines) is 1. The number of imide groups is 1. The van der Waals surface area contributed by atoms with Crippen molar-refractivity contribution < 1.29 is 27.6 Å². The first-order chi connectivity index (χ1) is 18.4. The molecule has 1 aliphatic heterocycles. The Kier molecular flexibility index (Phi) is 5.85. The van der Waals surface area contributed by atoms with E-state index in [2.05, 4.69) is 5.32 Å². The standard InChI is InChI=1S/C28H18Cl3F3N2O3/c29-19-10-9-14(28(32,33)34)13-20(19)35-21(37)11-12-36-24(38)22-23(25(36)39)27(31)16-6-2-1-5-15(16)26(22,30)17-7-3-4-8-18(17)27/h1-10,13,22-23H,11-12H2,(H,35,37)/t22-,23-,26?,27?/m0/s1. The lowest BCUT2D eigenvalue weighted by Gasteiger charge is -2.54. The van der Waals surface area contributed by atoms with Gasteiger partial charge in [0.2, 0.25) is 17.7 Å². The van der Waals surface area contributed by atoms with Crippen molar-refractivity contribution in [2.24, 2.45) is 11.8 Å². The zero-order chi connectivity index (χ0) is 27.9. The molecular formula is C28H18Cl3F3N2O3. The average Bonchev–Trinajstić information content (AvgIpc) is 3.17. The van der Waals surface area contributed by atoms with Crippen LogP contribution < -0.4 is 5.32 Å². The fraction of sp³-hybridized carbons (Fsp3) is 0.250. The molecule has 1 fully saturated rings. The summed E-state index contributed by atoms with van der Waals surface area (Å²) in [4.78, 5) is 38.5. The summed E-state index contributed by atoms with van der Waals surface area (Å²) in [5.41, 5.74) is 1.41. The maximum atomic E-state index is 13.8. The van der Waals surface area contributed by atoms with Crippen LogP contribution in [0.4, 0.5) is 18.9 Å². The average molecular weight is 594 g/mol. The van der Waals surface area contributed by atoms with Crippen molar-refractivity contribution in [3.05, 3.63) is 99.6 Å². The Balaban J connectivity index is 1.30. The molecule has 0 radical (unpaired) electrons. The smallest absolute Gasteiger partial charge is 0.325 e. The predicted octanol–water partition coefficient (Wildman–Crippen LogP) is 6.28. The van der Waals surface area contributed by atoms with Gasteiger partial charge in [-0.25, -0.2) is 0 Å². The second-order valence-corrected chi connectivity index (χ2v) is 11.4. The van der Waals surface area contributed by atoms with E-state index >= 15 is 0 Å². The molecule has 3 aliphatic carbocycles. The van der Waals surface area contributed by atoms with Crippen molar-refractivity contribution in [2.75, 3.05) is 11.9 Å². The summed E-state index contributed by atoms with van der Waals surface area (Å²) in [6, 6.07) is 17.0. The Morgan fingerprint density at radius 1 is 0.846 bits per heavy atom. The highest BCUT2D eigenvalue weighted by molar-refractivity contribution is 6.36. The molecule has 0 unspecified atom stereocenters. The van der Waals surface area contributed by atoms with Gasteiger partial charge in [-0.1, -0.05) is 60.1 Å². The van der Waals surface area contributed by atoms with Crippen LogP contribution in [-0.2, 0) is 30.3 Å². The Labute approximate surface area is 235 Å². The first kappa shape index (κ1) is 26.2. The topological polar surface area (TPSA) is 66.5 Å². The lowest BCUT2D eigenvalue weighted by Crippen LogP contribution is -2.57. The summed E-state index contributed by atoms with van der Waals surface area (Å²) in [7, 11) is 0. The molecule has 0 saturated carbocycles. The Bertz CT molecular complexity index is 1450. The minimum absolute atomic E-state index is 0.0871. The van der Waals surface area contributed by atoms with Gasteiger partial charge in [-0.05, 0) is 40.5 Å². The summed E-state index contributed by atoms with van der Waals surface area (Å²) in [6.07, 6.45) is -4.99. The lowest BCUT2D eigenvalue weighted by molar-refractivity contribution is -0.140. The molecule has 3 aromatic rings. The third-order valence-electron chi connectivity index (χ3n) is 7.81. The molecule has 3 amide bonds. The summed E-state index contributed by atoms with van der Waals surface area (Å²) in [5.74, 6) is -3.84. The largest absolute Gasteiger partial charge is 0.416 e. The van der Waals surface area contributed by atoms with Gasteiger partial charge in [0.05, 0.1) is 28.1 Å². The predicted molar refractivity (Wildman–Crippen MR) is 140 cm³/mol. The van der Waals surface area contributed by atoms with Crippen LogP contribution in [0.3, 0.4) is 0 Å². The molecular weight excluding hydrogens is 576 g/mol. The zero-order valence-corrected chi connectivity index (χ0v) is 22.1. The number of halogens is 6. The van der Waals surface area contributed by atoms with Gasteiger partial charge < -0.3 is 5.32 Å². The highest BCUT2D eigenvalue weighted by Crippen LogP contribution is 2.69. The molecule has 39 heavy (non-hydrogen) atoms. The molecule has 2 bridgehead atoms. The number of carbonyl (C=O) groups is 3. The van der Waals surface area contributed by atoms with E-state index in [-0.39, 0.29) is 23.7 Å². The number of hydrogen-bond donors (Lipinski definition) is 1. The maximum absolute atomic E-state index is 13.8. The van der Waals surface area contributed by atoms with Crippen molar-refractivity contribution in [1.29, 1.82) is 0 Å². The first-order valence-electron chi connectivity index (χ1n) is 12.0. The van der Waals surface area contributed by atoms with Gasteiger partial charge in [-0.15, -0.1) is 23.2 Å². The molecule has 11 heteroatoms. The highest BCUT2D eigenvalue weighted by atomic mass is 35.5. The Hall–Kier alpha value is -3.07. The molecule has 5 nitrogen and oxygen atoms in total. The van der Waals surface area contributed by atoms with Crippen LogP contribution >= 0.6 is 34.8 Å². The lowest BCUT2D eigenvalue weighted by atomic mass is 9.54. The molecule has 1 N–H and O–H groups in total. The number of nitrogens with one attached hydrogen (secondary N) is 1. The van der Waals surface area contributed by atoms with Crippen molar-refractivity contribution in [2.45, 2.75) is 22.3 Å². The summed E-state index contributed by atoms with van der Waals surface area (Å²) >= 11 is 20.7. The van der Waals surface area contributed by atoms with Gasteiger partial charge in [0, 0.05) is 13.0 Å². The molecule has 0 spiro atoms. The minimum Gasteiger partial charge on any atom is -0.325 e. The van der Waals surface area contributed by atoms with Crippen LogP contribution in [0, 0.1) is 11.8 Å². The zero-order valence-electron chi connectivity index (χ0n) is 19.9. The van der Waals surface area contributed by atoms with Gasteiger partial charge in [-0.3, -0.25) is 19.3 Å². The van der Waals surface area contributed by atoms with Crippen LogP contribution in [0.1, 0.15) is 34.2 Å². The Morgan fingerprint density at radius 2 is 1.31 bits per heavy atom. The SMILES string of the molecule is O=C(CCN1C(=O)[C@@H]2[C@@H](C1=O)C1(Cl)c3ccccc3C2(Cl)c2ccccc21)Nc1cc(C(F)(F)F)ccc1Cl. The summed E-state index contributed by atoms with van der Waals surface area (Å²) < 4.78 is 39.3. The van der Waals surface area contributed by atoms with Gasteiger partial charge in [0.25, 0.3) is 0 Å². The van der Waals surface area contributed by atoms with E-state index in [0.717, 1.165) is 23.1 Å². The van der Waals surface area contributed by atoms with Gasteiger partial charge in [0.15, 0.2) is 0 Å². The number of rotatable bonds is 4. The second-order valence-electron chi connectivity index (χ2n) is 9.79. The van der Waals surface area contributed by atoms with E-state index in [1.165, 1.54) is 0 Å². The minimum atomic E-state index is -4.63. The number of amides is 3. The third kappa shape index (κ3) is 3.58. The van der Waals surface area contributed by atoms with Crippen LogP contribution in [-0.4, -0.2) is 29.2 Å². The van der Waals surface area contributed by atoms with Crippen molar-refractivity contribution in [3.8, 4) is 0 Å². The first-order valence-corrected chi connectivity index (χ1v) is 13.1.